The van der Waals surface area contributed by atoms with Crippen LogP contribution in [0.15, 0.2) is 78.9 Å². The Kier molecular flexibility index (Phi) is 8.89. The molecule has 1 atom stereocenters. The molecule has 0 fully saturated rings. The van der Waals surface area contributed by atoms with Crippen molar-refractivity contribution in [3.05, 3.63) is 95.6 Å². The summed E-state index contributed by atoms with van der Waals surface area (Å²) in [7, 11) is 0. The van der Waals surface area contributed by atoms with Crippen molar-refractivity contribution in [2.75, 3.05) is 13.2 Å². The second kappa shape index (κ2) is 12.7. The van der Waals surface area contributed by atoms with Crippen LogP contribution in [0.1, 0.15) is 41.9 Å². The van der Waals surface area contributed by atoms with Gasteiger partial charge < -0.3 is 25.3 Å². The Morgan fingerprint density at radius 3 is 2.11 bits per heavy atom. The zero-order valence-electron chi connectivity index (χ0n) is 20.4. The monoisotopic (exact) mass is 502 g/mol. The van der Waals surface area contributed by atoms with Crippen LogP contribution in [-0.2, 0) is 25.6 Å². The molecule has 1 aliphatic rings. The summed E-state index contributed by atoms with van der Waals surface area (Å²) in [6.07, 6.45) is -0.129. The molecule has 8 heteroatoms. The van der Waals surface area contributed by atoms with Crippen LogP contribution in [-0.4, -0.2) is 37.4 Å². The summed E-state index contributed by atoms with van der Waals surface area (Å²) in [6.45, 7) is 0.627. The van der Waals surface area contributed by atoms with Crippen LogP contribution in [0.25, 0.3) is 11.1 Å². The van der Waals surface area contributed by atoms with E-state index in [1.807, 2.05) is 78.9 Å². The van der Waals surface area contributed by atoms with Gasteiger partial charge in [-0.1, -0.05) is 78.9 Å². The standard InChI is InChI=1S/C29H30N2O6/c30-26(16-8-9-17-31-28(33)35-18-20-10-2-1-3-11-20)27(32)37-29(34)36-19-25-23-14-6-4-12-21(23)22-13-5-7-15-24(22)25/h1-7,10-15,25-26H,8-9,16-19,30H2,(H,31,33)/t26-/m0/s1. The van der Waals surface area contributed by atoms with E-state index in [1.165, 1.54) is 0 Å². The van der Waals surface area contributed by atoms with Gasteiger partial charge in [-0.15, -0.1) is 0 Å². The maximum Gasteiger partial charge on any atom is 0.516 e. The van der Waals surface area contributed by atoms with Crippen LogP contribution in [0.3, 0.4) is 0 Å². The van der Waals surface area contributed by atoms with Gasteiger partial charge in [0.15, 0.2) is 0 Å². The Labute approximate surface area is 215 Å². The number of alkyl carbamates (subject to hydrolysis) is 1. The van der Waals surface area contributed by atoms with Gasteiger partial charge in [0.25, 0.3) is 0 Å². The number of nitrogens with two attached hydrogens (primary N) is 1. The van der Waals surface area contributed by atoms with E-state index in [0.29, 0.717) is 25.8 Å². The molecule has 8 nitrogen and oxygen atoms in total. The molecule has 1 aliphatic carbocycles. The lowest BCUT2D eigenvalue weighted by molar-refractivity contribution is -0.141. The lowest BCUT2D eigenvalue weighted by Crippen LogP contribution is -2.34. The summed E-state index contributed by atoms with van der Waals surface area (Å²) in [6, 6.07) is 24.3. The van der Waals surface area contributed by atoms with Crippen molar-refractivity contribution in [3.8, 4) is 11.1 Å². The number of hydrogen-bond acceptors (Lipinski definition) is 7. The van der Waals surface area contributed by atoms with Crippen molar-refractivity contribution in [2.45, 2.75) is 37.8 Å². The van der Waals surface area contributed by atoms with Gasteiger partial charge in [-0.3, -0.25) is 0 Å². The van der Waals surface area contributed by atoms with Gasteiger partial charge in [-0.2, -0.15) is 0 Å². The summed E-state index contributed by atoms with van der Waals surface area (Å²) >= 11 is 0. The van der Waals surface area contributed by atoms with Gasteiger partial charge >= 0.3 is 18.2 Å². The van der Waals surface area contributed by atoms with E-state index in [2.05, 4.69) is 5.32 Å². The molecule has 0 unspecified atom stereocenters. The van der Waals surface area contributed by atoms with E-state index in [1.54, 1.807) is 0 Å². The fourth-order valence-corrected chi connectivity index (χ4v) is 4.35. The molecule has 0 radical (unpaired) electrons. The number of nitrogens with one attached hydrogen (secondary N) is 1. The molecule has 0 aliphatic heterocycles. The number of carbonyl (C=O) groups is 3. The smallest absolute Gasteiger partial charge is 0.445 e. The van der Waals surface area contributed by atoms with Gasteiger partial charge in [0.1, 0.15) is 19.3 Å². The largest absolute Gasteiger partial charge is 0.516 e. The number of ether oxygens (including phenoxy) is 3. The van der Waals surface area contributed by atoms with Crippen LogP contribution in [0, 0.1) is 0 Å². The average molecular weight is 503 g/mol. The summed E-state index contributed by atoms with van der Waals surface area (Å²) in [5, 5.41) is 2.65. The molecule has 4 rings (SSSR count). The maximum absolute atomic E-state index is 12.2. The summed E-state index contributed by atoms with van der Waals surface area (Å²) in [5.41, 5.74) is 11.1. The first-order chi connectivity index (χ1) is 18.0. The van der Waals surface area contributed by atoms with Gasteiger partial charge in [0.2, 0.25) is 0 Å². The minimum absolute atomic E-state index is 0.0570. The van der Waals surface area contributed by atoms with E-state index in [9.17, 15) is 14.4 Å². The first kappa shape index (κ1) is 25.9. The van der Waals surface area contributed by atoms with Crippen molar-refractivity contribution in [1.29, 1.82) is 0 Å². The predicted octanol–water partition coefficient (Wildman–Crippen LogP) is 4.90. The second-order valence-corrected chi connectivity index (χ2v) is 8.80. The van der Waals surface area contributed by atoms with Crippen LogP contribution in [0.2, 0.25) is 0 Å². The fourth-order valence-electron chi connectivity index (χ4n) is 4.35. The van der Waals surface area contributed by atoms with Crippen molar-refractivity contribution < 1.29 is 28.6 Å². The molecule has 0 spiro atoms. The van der Waals surface area contributed by atoms with Crippen LogP contribution >= 0.6 is 0 Å². The zero-order valence-corrected chi connectivity index (χ0v) is 20.4. The number of carbonyl (C=O) groups excluding carboxylic acids is 3. The van der Waals surface area contributed by atoms with E-state index in [4.69, 9.17) is 19.9 Å². The topological polar surface area (TPSA) is 117 Å². The SMILES string of the molecule is N[C@@H](CCCCNC(=O)OCc1ccccc1)C(=O)OC(=O)OCC1c2ccccc2-c2ccccc21. The minimum atomic E-state index is -1.06. The minimum Gasteiger partial charge on any atom is -0.445 e. The molecule has 1 amide bonds. The molecule has 0 saturated heterocycles. The fraction of sp³-hybridized carbons (Fsp3) is 0.276. The lowest BCUT2D eigenvalue weighted by atomic mass is 9.98. The van der Waals surface area contributed by atoms with Gasteiger partial charge in [0, 0.05) is 12.5 Å². The van der Waals surface area contributed by atoms with Crippen molar-refractivity contribution in [2.24, 2.45) is 5.73 Å². The molecule has 0 heterocycles. The number of rotatable bonds is 10. The van der Waals surface area contributed by atoms with E-state index in [-0.39, 0.29) is 19.1 Å². The number of unbranched alkanes of at least 4 members (excludes halogenated alkanes) is 1. The Morgan fingerprint density at radius 1 is 0.811 bits per heavy atom. The second-order valence-electron chi connectivity index (χ2n) is 8.80. The Balaban J connectivity index is 1.12. The third kappa shape index (κ3) is 6.95. The number of esters is 1. The van der Waals surface area contributed by atoms with E-state index >= 15 is 0 Å². The number of amides is 1. The molecule has 37 heavy (non-hydrogen) atoms. The highest BCUT2D eigenvalue weighted by atomic mass is 16.7. The molecular weight excluding hydrogens is 472 g/mol. The van der Waals surface area contributed by atoms with E-state index in [0.717, 1.165) is 27.8 Å². The molecule has 0 aromatic heterocycles. The van der Waals surface area contributed by atoms with Crippen LogP contribution < -0.4 is 11.1 Å². The van der Waals surface area contributed by atoms with Crippen molar-refractivity contribution in [1.82, 2.24) is 5.32 Å². The molecule has 0 saturated carbocycles. The van der Waals surface area contributed by atoms with Crippen molar-refractivity contribution >= 4 is 18.2 Å². The highest BCUT2D eigenvalue weighted by molar-refractivity contribution is 5.85. The normalized spacial score (nSPS) is 12.7. The summed E-state index contributed by atoms with van der Waals surface area (Å²) in [4.78, 5) is 36.1. The summed E-state index contributed by atoms with van der Waals surface area (Å²) < 4.78 is 15.2. The number of fused-ring (bicyclic) bond motifs is 3. The van der Waals surface area contributed by atoms with E-state index < -0.39 is 24.3 Å². The Morgan fingerprint density at radius 2 is 1.43 bits per heavy atom. The molecule has 3 aromatic rings. The highest BCUT2D eigenvalue weighted by Crippen LogP contribution is 2.44. The summed E-state index contributed by atoms with van der Waals surface area (Å²) in [5.74, 6) is -0.969. The van der Waals surface area contributed by atoms with Gasteiger partial charge in [0.05, 0.1) is 0 Å². The van der Waals surface area contributed by atoms with Gasteiger partial charge in [-0.25, -0.2) is 14.4 Å². The third-order valence-corrected chi connectivity index (χ3v) is 6.24. The average Bonchev–Trinajstić information content (AvgIpc) is 3.24. The predicted molar refractivity (Wildman–Crippen MR) is 138 cm³/mol. The molecular formula is C29H30N2O6. The van der Waals surface area contributed by atoms with Crippen LogP contribution in [0.4, 0.5) is 9.59 Å². The Bertz CT molecular complexity index is 1180. The first-order valence-corrected chi connectivity index (χ1v) is 12.3. The Hall–Kier alpha value is -4.17. The van der Waals surface area contributed by atoms with Gasteiger partial charge in [-0.05, 0) is 47.1 Å². The molecule has 0 bridgehead atoms. The quantitative estimate of drug-likeness (QED) is 0.230. The lowest BCUT2D eigenvalue weighted by Gasteiger charge is -2.14. The number of hydrogen-bond donors (Lipinski definition) is 2. The first-order valence-electron chi connectivity index (χ1n) is 12.3. The van der Waals surface area contributed by atoms with Crippen LogP contribution in [0.5, 0.6) is 0 Å². The molecule has 3 aromatic carbocycles. The third-order valence-electron chi connectivity index (χ3n) is 6.24. The zero-order chi connectivity index (χ0) is 26.0. The molecule has 3 N–H and O–H groups in total. The highest BCUT2D eigenvalue weighted by Gasteiger charge is 2.29. The molecule has 192 valence electrons. The maximum atomic E-state index is 12.2. The number of benzene rings is 3. The van der Waals surface area contributed by atoms with Crippen molar-refractivity contribution in [3.63, 3.8) is 0 Å².